The molecule has 2 fully saturated rings. The molecular formula is C30H40N2O. The van der Waals surface area contributed by atoms with Crippen LogP contribution in [0.1, 0.15) is 86.4 Å². The number of ether oxygens (including phenoxy) is 1. The summed E-state index contributed by atoms with van der Waals surface area (Å²) in [5.74, 6) is 1.31. The van der Waals surface area contributed by atoms with E-state index in [4.69, 9.17) is 10.5 Å². The summed E-state index contributed by atoms with van der Waals surface area (Å²) < 4.78 is 8.23. The van der Waals surface area contributed by atoms with Crippen LogP contribution in [0.25, 0.3) is 10.9 Å². The summed E-state index contributed by atoms with van der Waals surface area (Å²) in [7, 11) is 0. The number of fused-ring (bicyclic) bond motifs is 1. The Morgan fingerprint density at radius 3 is 2.55 bits per heavy atom. The van der Waals surface area contributed by atoms with E-state index in [0.29, 0.717) is 18.0 Å². The van der Waals surface area contributed by atoms with Gasteiger partial charge in [-0.2, -0.15) is 0 Å². The van der Waals surface area contributed by atoms with Crippen molar-refractivity contribution in [2.75, 3.05) is 13.2 Å². The molecule has 176 valence electrons. The van der Waals surface area contributed by atoms with Crippen molar-refractivity contribution in [2.24, 2.45) is 11.7 Å². The van der Waals surface area contributed by atoms with Crippen molar-refractivity contribution in [1.29, 1.82) is 0 Å². The lowest BCUT2D eigenvalue weighted by atomic mass is 9.81. The molecule has 1 aliphatic heterocycles. The third kappa shape index (κ3) is 5.20. The van der Waals surface area contributed by atoms with Gasteiger partial charge in [-0.25, -0.2) is 0 Å². The van der Waals surface area contributed by atoms with Gasteiger partial charge in [0, 0.05) is 48.3 Å². The molecule has 0 radical (unpaired) electrons. The summed E-state index contributed by atoms with van der Waals surface area (Å²) in [6, 6.07) is 19.2. The van der Waals surface area contributed by atoms with Gasteiger partial charge >= 0.3 is 0 Å². The molecule has 3 aromatic rings. The highest BCUT2D eigenvalue weighted by molar-refractivity contribution is 5.85. The standard InChI is InChI=1S/C30H40N2O/c1-22-6-4-8-24(20-22)27(10-5-7-23-12-14-25(31)15-13-23)29-21-32(26-16-18-33-19-17-26)30-11-3-2-9-28(29)30/h2-4,6,8-9,11,20-21,23,25-27H,5,7,10,12-19,31H2,1H3. The molecule has 2 aromatic carbocycles. The van der Waals surface area contributed by atoms with Crippen LogP contribution in [0.5, 0.6) is 0 Å². The molecule has 0 spiro atoms. The van der Waals surface area contributed by atoms with Gasteiger partial charge in [-0.05, 0) is 75.0 Å². The van der Waals surface area contributed by atoms with Crippen LogP contribution in [-0.4, -0.2) is 23.8 Å². The normalized spacial score (nSPS) is 23.1. The molecule has 1 atom stereocenters. The van der Waals surface area contributed by atoms with E-state index in [9.17, 15) is 0 Å². The van der Waals surface area contributed by atoms with Crippen LogP contribution in [0.15, 0.2) is 54.7 Å². The van der Waals surface area contributed by atoms with E-state index in [1.807, 2.05) is 0 Å². The summed E-state index contributed by atoms with van der Waals surface area (Å²) in [6.07, 6.45) is 13.6. The maximum Gasteiger partial charge on any atom is 0.0486 e. The third-order valence-corrected chi connectivity index (χ3v) is 8.17. The molecule has 1 aliphatic carbocycles. The van der Waals surface area contributed by atoms with E-state index in [2.05, 4.69) is 66.2 Å². The molecule has 1 aromatic heterocycles. The van der Waals surface area contributed by atoms with E-state index in [1.54, 1.807) is 0 Å². The van der Waals surface area contributed by atoms with Crippen molar-refractivity contribution >= 4 is 10.9 Å². The Morgan fingerprint density at radius 1 is 0.970 bits per heavy atom. The second kappa shape index (κ2) is 10.4. The molecule has 3 nitrogen and oxygen atoms in total. The minimum Gasteiger partial charge on any atom is -0.381 e. The highest BCUT2D eigenvalue weighted by Crippen LogP contribution is 2.39. The van der Waals surface area contributed by atoms with Crippen molar-refractivity contribution in [3.05, 3.63) is 71.4 Å². The Labute approximate surface area is 199 Å². The fraction of sp³-hybridized carbons (Fsp3) is 0.533. The van der Waals surface area contributed by atoms with E-state index in [0.717, 1.165) is 32.0 Å². The number of hydrogen-bond donors (Lipinski definition) is 1. The van der Waals surface area contributed by atoms with Crippen molar-refractivity contribution in [2.45, 2.75) is 82.7 Å². The van der Waals surface area contributed by atoms with Crippen LogP contribution in [0.4, 0.5) is 0 Å². The summed E-state index contributed by atoms with van der Waals surface area (Å²) in [6.45, 7) is 3.97. The van der Waals surface area contributed by atoms with E-state index >= 15 is 0 Å². The molecule has 5 rings (SSSR count). The molecule has 0 amide bonds. The third-order valence-electron chi connectivity index (χ3n) is 8.17. The fourth-order valence-electron chi connectivity index (χ4n) is 6.25. The minimum absolute atomic E-state index is 0.442. The number of nitrogens with zero attached hydrogens (tertiary/aromatic N) is 1. The van der Waals surface area contributed by atoms with Gasteiger partial charge in [-0.15, -0.1) is 0 Å². The van der Waals surface area contributed by atoms with Crippen molar-refractivity contribution in [1.82, 2.24) is 4.57 Å². The van der Waals surface area contributed by atoms with E-state index in [1.165, 1.54) is 72.5 Å². The Balaban J connectivity index is 1.44. The predicted molar refractivity (Wildman–Crippen MR) is 138 cm³/mol. The highest BCUT2D eigenvalue weighted by Gasteiger charge is 2.25. The number of rotatable bonds is 7. The average Bonchev–Trinajstić information content (AvgIpc) is 3.23. The molecule has 33 heavy (non-hydrogen) atoms. The number of aryl methyl sites for hydroxylation is 1. The van der Waals surface area contributed by atoms with Gasteiger partial charge in [0.15, 0.2) is 0 Å². The first-order valence-electron chi connectivity index (χ1n) is 13.2. The van der Waals surface area contributed by atoms with Crippen LogP contribution >= 0.6 is 0 Å². The van der Waals surface area contributed by atoms with Crippen LogP contribution in [-0.2, 0) is 4.74 Å². The van der Waals surface area contributed by atoms with Gasteiger partial charge in [0.25, 0.3) is 0 Å². The summed E-state index contributed by atoms with van der Waals surface area (Å²) in [5, 5.41) is 1.43. The molecule has 1 unspecified atom stereocenters. The zero-order valence-electron chi connectivity index (χ0n) is 20.2. The maximum absolute atomic E-state index is 6.15. The Morgan fingerprint density at radius 2 is 1.76 bits per heavy atom. The average molecular weight is 445 g/mol. The van der Waals surface area contributed by atoms with Gasteiger partial charge in [0.2, 0.25) is 0 Å². The van der Waals surface area contributed by atoms with Crippen LogP contribution in [0.2, 0.25) is 0 Å². The molecule has 1 saturated heterocycles. The van der Waals surface area contributed by atoms with Crippen LogP contribution in [0, 0.1) is 12.8 Å². The van der Waals surface area contributed by atoms with Gasteiger partial charge in [-0.3, -0.25) is 0 Å². The summed E-state index contributed by atoms with van der Waals surface area (Å²) >= 11 is 0. The second-order valence-corrected chi connectivity index (χ2v) is 10.5. The second-order valence-electron chi connectivity index (χ2n) is 10.5. The van der Waals surface area contributed by atoms with Gasteiger partial charge < -0.3 is 15.0 Å². The Kier molecular flexibility index (Phi) is 7.18. The first-order chi connectivity index (χ1) is 16.2. The first-order valence-corrected chi connectivity index (χ1v) is 13.2. The molecule has 2 heterocycles. The molecule has 3 heteroatoms. The lowest BCUT2D eigenvalue weighted by Crippen LogP contribution is -2.26. The number of benzene rings is 2. The fourth-order valence-corrected chi connectivity index (χ4v) is 6.25. The zero-order chi connectivity index (χ0) is 22.6. The van der Waals surface area contributed by atoms with Crippen LogP contribution < -0.4 is 5.73 Å². The van der Waals surface area contributed by atoms with Gasteiger partial charge in [0.1, 0.15) is 0 Å². The SMILES string of the molecule is Cc1cccc(C(CCCC2CCC(N)CC2)c2cn(C3CCOCC3)c3ccccc23)c1. The van der Waals surface area contributed by atoms with Gasteiger partial charge in [-0.1, -0.05) is 60.9 Å². The van der Waals surface area contributed by atoms with Crippen molar-refractivity contribution < 1.29 is 4.74 Å². The van der Waals surface area contributed by atoms with Crippen LogP contribution in [0.3, 0.4) is 0 Å². The Bertz CT molecular complexity index is 1040. The molecule has 0 bridgehead atoms. The number of nitrogens with two attached hydrogens (primary N) is 1. The maximum atomic E-state index is 6.15. The lowest BCUT2D eigenvalue weighted by Gasteiger charge is -2.27. The van der Waals surface area contributed by atoms with E-state index in [-0.39, 0.29) is 0 Å². The monoisotopic (exact) mass is 444 g/mol. The Hall–Kier alpha value is -2.10. The topological polar surface area (TPSA) is 40.2 Å². The molecule has 2 N–H and O–H groups in total. The largest absolute Gasteiger partial charge is 0.381 e. The minimum atomic E-state index is 0.442. The highest BCUT2D eigenvalue weighted by atomic mass is 16.5. The first kappa shape index (κ1) is 22.7. The number of aromatic nitrogens is 1. The molecule has 1 saturated carbocycles. The molecular weight excluding hydrogens is 404 g/mol. The molecule has 2 aliphatic rings. The predicted octanol–water partition coefficient (Wildman–Crippen LogP) is 7.12. The van der Waals surface area contributed by atoms with E-state index < -0.39 is 0 Å². The smallest absolute Gasteiger partial charge is 0.0486 e. The quantitative estimate of drug-likeness (QED) is 0.421. The van der Waals surface area contributed by atoms with Crippen molar-refractivity contribution in [3.8, 4) is 0 Å². The van der Waals surface area contributed by atoms with Crippen molar-refractivity contribution in [3.63, 3.8) is 0 Å². The summed E-state index contributed by atoms with van der Waals surface area (Å²) in [5.41, 5.74) is 11.9. The number of para-hydroxylation sites is 1. The van der Waals surface area contributed by atoms with Gasteiger partial charge in [0.05, 0.1) is 0 Å². The number of hydrogen-bond acceptors (Lipinski definition) is 2. The zero-order valence-corrected chi connectivity index (χ0v) is 20.2. The summed E-state index contributed by atoms with van der Waals surface area (Å²) in [4.78, 5) is 0. The lowest BCUT2D eigenvalue weighted by molar-refractivity contribution is 0.0707.